The highest BCUT2D eigenvalue weighted by molar-refractivity contribution is 5.93. The number of aryl methyl sites for hydroxylation is 1. The van der Waals surface area contributed by atoms with Gasteiger partial charge in [0, 0.05) is 19.2 Å². The van der Waals surface area contributed by atoms with Crippen molar-refractivity contribution in [2.45, 2.75) is 38.8 Å². The van der Waals surface area contributed by atoms with E-state index in [4.69, 9.17) is 0 Å². The molecule has 0 saturated heterocycles. The van der Waals surface area contributed by atoms with Crippen molar-refractivity contribution in [2.75, 3.05) is 6.54 Å². The van der Waals surface area contributed by atoms with Crippen LogP contribution < -0.4 is 5.32 Å². The minimum absolute atomic E-state index is 0.0670. The van der Waals surface area contributed by atoms with Crippen LogP contribution in [0.1, 0.15) is 36.7 Å². The van der Waals surface area contributed by atoms with Gasteiger partial charge in [-0.15, -0.1) is 0 Å². The highest BCUT2D eigenvalue weighted by Gasteiger charge is 2.28. The summed E-state index contributed by atoms with van der Waals surface area (Å²) in [5.74, 6) is 0.00598. The first kappa shape index (κ1) is 14.5. The predicted molar refractivity (Wildman–Crippen MR) is 72.4 cm³/mol. The molecule has 0 aliphatic heterocycles. The van der Waals surface area contributed by atoms with Crippen molar-refractivity contribution in [3.05, 3.63) is 28.1 Å². The third-order valence-electron chi connectivity index (χ3n) is 3.55. The molecule has 110 valence electrons. The molecule has 7 heteroatoms. The van der Waals surface area contributed by atoms with E-state index in [1.807, 2.05) is 6.92 Å². The zero-order valence-corrected chi connectivity index (χ0v) is 11.4. The van der Waals surface area contributed by atoms with E-state index >= 15 is 0 Å². The Balaban J connectivity index is 2.01. The van der Waals surface area contributed by atoms with Gasteiger partial charge in [0.15, 0.2) is 0 Å². The van der Waals surface area contributed by atoms with Crippen molar-refractivity contribution in [3.8, 4) is 0 Å². The number of hydrogen-bond donors (Lipinski definition) is 2. The molecule has 1 aliphatic rings. The second kappa shape index (κ2) is 6.04. The van der Waals surface area contributed by atoms with Crippen LogP contribution >= 0.6 is 0 Å². The Labute approximate surface area is 116 Å². The number of carbonyl (C=O) groups excluding carboxylic acids is 1. The van der Waals surface area contributed by atoms with Gasteiger partial charge in [-0.05, 0) is 25.2 Å². The monoisotopic (exact) mass is 281 g/mol. The molecule has 0 bridgehead atoms. The molecule has 1 aromatic rings. The third-order valence-corrected chi connectivity index (χ3v) is 3.55. The van der Waals surface area contributed by atoms with Crippen molar-refractivity contribution in [3.63, 3.8) is 0 Å². The van der Waals surface area contributed by atoms with Crippen molar-refractivity contribution < 1.29 is 14.8 Å². The Bertz CT molecular complexity index is 506. The van der Waals surface area contributed by atoms with E-state index < -0.39 is 4.92 Å². The van der Waals surface area contributed by atoms with Crippen LogP contribution in [0.3, 0.4) is 0 Å². The maximum atomic E-state index is 12.1. The molecule has 2 N–H and O–H groups in total. The summed E-state index contributed by atoms with van der Waals surface area (Å²) in [7, 11) is 0. The molecule has 20 heavy (non-hydrogen) atoms. The lowest BCUT2D eigenvalue weighted by atomic mass is 9.82. The average Bonchev–Trinajstić information content (AvgIpc) is 2.77. The smallest absolute Gasteiger partial charge is 0.287 e. The van der Waals surface area contributed by atoms with E-state index in [1.165, 1.54) is 12.3 Å². The number of aliphatic hydroxyl groups excluding tert-OH is 1. The molecular weight excluding hydrogens is 262 g/mol. The Hall–Kier alpha value is -1.89. The summed E-state index contributed by atoms with van der Waals surface area (Å²) in [6.07, 6.45) is 3.35. The number of aromatic nitrogens is 1. The number of carbonyl (C=O) groups is 1. The maximum Gasteiger partial charge on any atom is 0.287 e. The van der Waals surface area contributed by atoms with E-state index in [0.717, 1.165) is 6.42 Å². The molecule has 1 aromatic heterocycles. The van der Waals surface area contributed by atoms with Crippen molar-refractivity contribution in [1.29, 1.82) is 0 Å². The summed E-state index contributed by atoms with van der Waals surface area (Å²) in [5.41, 5.74) is 0.251. The molecule has 1 amide bonds. The van der Waals surface area contributed by atoms with E-state index in [1.54, 1.807) is 4.57 Å². The summed E-state index contributed by atoms with van der Waals surface area (Å²) in [6.45, 7) is 3.02. The van der Waals surface area contributed by atoms with Gasteiger partial charge in [0.2, 0.25) is 0 Å². The Morgan fingerprint density at radius 3 is 2.85 bits per heavy atom. The van der Waals surface area contributed by atoms with Crippen LogP contribution in [0.2, 0.25) is 0 Å². The van der Waals surface area contributed by atoms with Crippen molar-refractivity contribution >= 4 is 11.6 Å². The van der Waals surface area contributed by atoms with Crippen LogP contribution in [0, 0.1) is 16.0 Å². The van der Waals surface area contributed by atoms with Crippen molar-refractivity contribution in [1.82, 2.24) is 9.88 Å². The van der Waals surface area contributed by atoms with Gasteiger partial charge >= 0.3 is 0 Å². The standard InChI is InChI=1S/C13H19N3O4/c1-2-3-15-8-10(16(19)20)6-12(15)13(18)14-7-9-4-11(17)5-9/h6,8-9,11,17H,2-5,7H2,1H3,(H,14,18). The molecule has 7 nitrogen and oxygen atoms in total. The zero-order valence-electron chi connectivity index (χ0n) is 11.4. The first-order valence-corrected chi connectivity index (χ1v) is 6.82. The van der Waals surface area contributed by atoms with E-state index in [0.29, 0.717) is 37.5 Å². The van der Waals surface area contributed by atoms with Crippen LogP contribution in [-0.4, -0.2) is 33.2 Å². The fraction of sp³-hybridized carbons (Fsp3) is 0.615. The van der Waals surface area contributed by atoms with Crippen LogP contribution in [0.4, 0.5) is 5.69 Å². The fourth-order valence-electron chi connectivity index (χ4n) is 2.41. The highest BCUT2D eigenvalue weighted by atomic mass is 16.6. The number of nitrogens with one attached hydrogen (secondary N) is 1. The fourth-order valence-corrected chi connectivity index (χ4v) is 2.41. The molecule has 0 radical (unpaired) electrons. The Morgan fingerprint density at radius 2 is 2.30 bits per heavy atom. The molecule has 0 unspecified atom stereocenters. The topological polar surface area (TPSA) is 97.4 Å². The van der Waals surface area contributed by atoms with E-state index in [-0.39, 0.29) is 17.7 Å². The zero-order chi connectivity index (χ0) is 14.7. The van der Waals surface area contributed by atoms with Gasteiger partial charge in [0.05, 0.1) is 17.2 Å². The lowest BCUT2D eigenvalue weighted by Crippen LogP contribution is -2.38. The van der Waals surface area contributed by atoms with Gasteiger partial charge in [-0.2, -0.15) is 0 Å². The second-order valence-electron chi connectivity index (χ2n) is 5.24. The highest BCUT2D eigenvalue weighted by Crippen LogP contribution is 2.26. The molecule has 2 rings (SSSR count). The van der Waals surface area contributed by atoms with Crippen LogP contribution in [0.25, 0.3) is 0 Å². The van der Waals surface area contributed by atoms with Gasteiger partial charge in [-0.1, -0.05) is 6.92 Å². The number of nitro groups is 1. The first-order chi connectivity index (χ1) is 9.51. The van der Waals surface area contributed by atoms with Crippen LogP contribution in [0.15, 0.2) is 12.3 Å². The predicted octanol–water partition coefficient (Wildman–Crippen LogP) is 1.31. The largest absolute Gasteiger partial charge is 0.393 e. The molecule has 0 aromatic carbocycles. The first-order valence-electron chi connectivity index (χ1n) is 6.82. The molecular formula is C13H19N3O4. The SMILES string of the molecule is CCCn1cc([N+](=O)[O-])cc1C(=O)NCC1CC(O)C1. The van der Waals surface area contributed by atoms with Gasteiger partial charge < -0.3 is 15.0 Å². The Morgan fingerprint density at radius 1 is 1.60 bits per heavy atom. The molecule has 0 atom stereocenters. The lowest BCUT2D eigenvalue weighted by molar-refractivity contribution is -0.384. The lowest BCUT2D eigenvalue weighted by Gasteiger charge is -2.31. The number of nitrogens with zero attached hydrogens (tertiary/aromatic N) is 2. The van der Waals surface area contributed by atoms with Crippen LogP contribution in [0.5, 0.6) is 0 Å². The van der Waals surface area contributed by atoms with Gasteiger partial charge in [0.25, 0.3) is 11.6 Å². The number of amides is 1. The van der Waals surface area contributed by atoms with E-state index in [2.05, 4.69) is 5.32 Å². The molecule has 1 saturated carbocycles. The van der Waals surface area contributed by atoms with Gasteiger partial charge in [0.1, 0.15) is 5.69 Å². The van der Waals surface area contributed by atoms with Crippen LogP contribution in [-0.2, 0) is 6.54 Å². The molecule has 0 spiro atoms. The number of rotatable bonds is 6. The van der Waals surface area contributed by atoms with Gasteiger partial charge in [-0.25, -0.2) is 0 Å². The summed E-state index contributed by atoms with van der Waals surface area (Å²) in [6, 6.07) is 1.31. The maximum absolute atomic E-state index is 12.1. The minimum atomic E-state index is -0.495. The Kier molecular flexibility index (Phi) is 4.39. The molecule has 1 fully saturated rings. The quantitative estimate of drug-likeness (QED) is 0.606. The summed E-state index contributed by atoms with van der Waals surface area (Å²) >= 11 is 0. The molecule has 1 heterocycles. The summed E-state index contributed by atoms with van der Waals surface area (Å²) in [5, 5.41) is 22.8. The summed E-state index contributed by atoms with van der Waals surface area (Å²) < 4.78 is 1.61. The van der Waals surface area contributed by atoms with Gasteiger partial charge in [-0.3, -0.25) is 14.9 Å². The summed E-state index contributed by atoms with van der Waals surface area (Å²) in [4.78, 5) is 22.4. The van der Waals surface area contributed by atoms with Crippen molar-refractivity contribution in [2.24, 2.45) is 5.92 Å². The van der Waals surface area contributed by atoms with E-state index in [9.17, 15) is 20.0 Å². The average molecular weight is 281 g/mol. The number of aliphatic hydroxyl groups is 1. The number of hydrogen-bond acceptors (Lipinski definition) is 4. The third kappa shape index (κ3) is 3.16. The molecule has 1 aliphatic carbocycles. The second-order valence-corrected chi connectivity index (χ2v) is 5.24. The normalized spacial score (nSPS) is 21.3. The minimum Gasteiger partial charge on any atom is -0.393 e.